The zero-order valence-corrected chi connectivity index (χ0v) is 15.9. The van der Waals surface area contributed by atoms with Crippen LogP contribution in [0.4, 0.5) is 0 Å². The summed E-state index contributed by atoms with van der Waals surface area (Å²) in [7, 11) is -3.48. The van der Waals surface area contributed by atoms with Gasteiger partial charge in [-0.05, 0) is 38.5 Å². The van der Waals surface area contributed by atoms with Crippen LogP contribution in [0.2, 0.25) is 0 Å². The molecule has 1 heterocycles. The molecule has 0 spiro atoms. The maximum Gasteiger partial charge on any atom is 0.243 e. The third-order valence-corrected chi connectivity index (χ3v) is 5.71. The lowest BCUT2D eigenvalue weighted by Crippen LogP contribution is -2.43. The molecule has 1 saturated heterocycles. The molecule has 8 heteroatoms. The topological polar surface area (TPSA) is 87.7 Å². The predicted molar refractivity (Wildman–Crippen MR) is 95.6 cm³/mol. The average Bonchev–Trinajstić information content (AvgIpc) is 2.58. The average molecular weight is 369 g/mol. The van der Waals surface area contributed by atoms with Gasteiger partial charge in [0.05, 0.1) is 24.7 Å². The van der Waals surface area contributed by atoms with E-state index in [9.17, 15) is 13.2 Å². The van der Waals surface area contributed by atoms with Crippen LogP contribution < -0.4 is 10.6 Å². The summed E-state index contributed by atoms with van der Waals surface area (Å²) in [6.45, 7) is 8.19. The molecule has 0 atom stereocenters. The molecule has 0 aromatic heterocycles. The standard InChI is InChI=1S/C17H27N3O4S/c1-17(2,3)19-13-16(21)18-12-14-4-6-15(7-5-14)25(22,23)20-8-10-24-11-9-20/h4-7,19H,8-13H2,1-3H3,(H,18,21). The van der Waals surface area contributed by atoms with E-state index >= 15 is 0 Å². The molecule has 0 unspecified atom stereocenters. The lowest BCUT2D eigenvalue weighted by molar-refractivity contribution is -0.120. The Balaban J connectivity index is 1.90. The monoisotopic (exact) mass is 369 g/mol. The van der Waals surface area contributed by atoms with Gasteiger partial charge in [-0.1, -0.05) is 12.1 Å². The summed E-state index contributed by atoms with van der Waals surface area (Å²) < 4.78 is 31.7. The molecule has 1 aliphatic rings. The molecule has 1 aromatic rings. The summed E-state index contributed by atoms with van der Waals surface area (Å²) in [4.78, 5) is 12.1. The van der Waals surface area contributed by atoms with E-state index in [-0.39, 0.29) is 22.9 Å². The third kappa shape index (κ3) is 6.07. The number of hydrogen-bond donors (Lipinski definition) is 2. The number of amides is 1. The Morgan fingerprint density at radius 2 is 1.76 bits per heavy atom. The molecular weight excluding hydrogens is 342 g/mol. The number of rotatable bonds is 6. The number of nitrogens with zero attached hydrogens (tertiary/aromatic N) is 1. The molecule has 0 saturated carbocycles. The van der Waals surface area contributed by atoms with Crippen molar-refractivity contribution in [1.29, 1.82) is 0 Å². The van der Waals surface area contributed by atoms with Gasteiger partial charge < -0.3 is 15.4 Å². The molecule has 0 radical (unpaired) electrons. The molecule has 2 rings (SSSR count). The van der Waals surface area contributed by atoms with Crippen LogP contribution in [0.25, 0.3) is 0 Å². The minimum absolute atomic E-state index is 0.0973. The van der Waals surface area contributed by atoms with Crippen molar-refractivity contribution < 1.29 is 17.9 Å². The number of morpholine rings is 1. The summed E-state index contributed by atoms with van der Waals surface area (Å²) in [5.41, 5.74) is 0.734. The van der Waals surface area contributed by atoms with Crippen LogP contribution in [0.1, 0.15) is 26.3 Å². The summed E-state index contributed by atoms with van der Waals surface area (Å²) in [5, 5.41) is 5.93. The fourth-order valence-electron chi connectivity index (χ4n) is 2.32. The highest BCUT2D eigenvalue weighted by molar-refractivity contribution is 7.89. The van der Waals surface area contributed by atoms with Crippen molar-refractivity contribution in [3.8, 4) is 0 Å². The zero-order valence-electron chi connectivity index (χ0n) is 15.0. The van der Waals surface area contributed by atoms with Gasteiger partial charge in [-0.2, -0.15) is 4.31 Å². The van der Waals surface area contributed by atoms with Crippen molar-refractivity contribution in [2.45, 2.75) is 37.8 Å². The Hall–Kier alpha value is -1.48. The first-order chi connectivity index (χ1) is 11.7. The van der Waals surface area contributed by atoms with Crippen molar-refractivity contribution in [1.82, 2.24) is 14.9 Å². The van der Waals surface area contributed by atoms with Gasteiger partial charge in [0.1, 0.15) is 0 Å². The Kier molecular flexibility index (Phi) is 6.56. The lowest BCUT2D eigenvalue weighted by atomic mass is 10.1. The highest BCUT2D eigenvalue weighted by Gasteiger charge is 2.26. The molecule has 25 heavy (non-hydrogen) atoms. The van der Waals surface area contributed by atoms with E-state index in [1.165, 1.54) is 4.31 Å². The molecule has 0 aliphatic carbocycles. The Morgan fingerprint density at radius 1 is 1.16 bits per heavy atom. The second-order valence-electron chi connectivity index (χ2n) is 7.04. The van der Waals surface area contributed by atoms with Crippen molar-refractivity contribution >= 4 is 15.9 Å². The second-order valence-corrected chi connectivity index (χ2v) is 8.98. The molecule has 1 amide bonds. The molecule has 2 N–H and O–H groups in total. The SMILES string of the molecule is CC(C)(C)NCC(=O)NCc1ccc(S(=O)(=O)N2CCOCC2)cc1. The van der Waals surface area contributed by atoms with E-state index < -0.39 is 10.0 Å². The molecule has 1 aromatic carbocycles. The Bertz CT molecular complexity index is 675. The first-order valence-corrected chi connectivity index (χ1v) is 9.81. The van der Waals surface area contributed by atoms with Crippen LogP contribution in [-0.2, 0) is 26.1 Å². The van der Waals surface area contributed by atoms with Gasteiger partial charge in [0.2, 0.25) is 15.9 Å². The molecule has 7 nitrogen and oxygen atoms in total. The van der Waals surface area contributed by atoms with Gasteiger partial charge in [-0.3, -0.25) is 4.79 Å². The van der Waals surface area contributed by atoms with Gasteiger partial charge >= 0.3 is 0 Å². The maximum absolute atomic E-state index is 12.5. The maximum atomic E-state index is 12.5. The van der Waals surface area contributed by atoms with Gasteiger partial charge in [-0.15, -0.1) is 0 Å². The summed E-state index contributed by atoms with van der Waals surface area (Å²) >= 11 is 0. The van der Waals surface area contributed by atoms with Crippen LogP contribution in [0, 0.1) is 0 Å². The largest absolute Gasteiger partial charge is 0.379 e. The van der Waals surface area contributed by atoms with E-state index in [1.54, 1.807) is 24.3 Å². The van der Waals surface area contributed by atoms with Gasteiger partial charge in [0, 0.05) is 25.2 Å². The van der Waals surface area contributed by atoms with Crippen LogP contribution in [0.3, 0.4) is 0 Å². The normalized spacial score (nSPS) is 16.6. The molecule has 140 valence electrons. The summed E-state index contributed by atoms with van der Waals surface area (Å²) in [5.74, 6) is -0.0973. The quantitative estimate of drug-likeness (QED) is 0.771. The first kappa shape index (κ1) is 19.8. The van der Waals surface area contributed by atoms with E-state index in [4.69, 9.17) is 4.74 Å². The van der Waals surface area contributed by atoms with Crippen LogP contribution in [-0.4, -0.2) is 57.0 Å². The van der Waals surface area contributed by atoms with Gasteiger partial charge in [0.15, 0.2) is 0 Å². The second kappa shape index (κ2) is 8.27. The number of carbonyl (C=O) groups excluding carboxylic acids is 1. The lowest BCUT2D eigenvalue weighted by Gasteiger charge is -2.26. The van der Waals surface area contributed by atoms with E-state index in [0.717, 1.165) is 5.56 Å². The number of nitrogens with one attached hydrogen (secondary N) is 2. The smallest absolute Gasteiger partial charge is 0.243 e. The van der Waals surface area contributed by atoms with Crippen LogP contribution in [0.15, 0.2) is 29.2 Å². The summed E-state index contributed by atoms with van der Waals surface area (Å²) in [6.07, 6.45) is 0. The number of benzene rings is 1. The van der Waals surface area contributed by atoms with Crippen LogP contribution in [0.5, 0.6) is 0 Å². The number of ether oxygens (including phenoxy) is 1. The van der Waals surface area contributed by atoms with E-state index in [2.05, 4.69) is 10.6 Å². The fraction of sp³-hybridized carbons (Fsp3) is 0.588. The highest BCUT2D eigenvalue weighted by Crippen LogP contribution is 2.17. The van der Waals surface area contributed by atoms with E-state index in [1.807, 2.05) is 20.8 Å². The summed E-state index contributed by atoms with van der Waals surface area (Å²) in [6, 6.07) is 6.62. The number of hydrogen-bond acceptors (Lipinski definition) is 5. The van der Waals surface area contributed by atoms with Crippen molar-refractivity contribution in [2.24, 2.45) is 0 Å². The predicted octanol–water partition coefficient (Wildman–Crippen LogP) is 0.712. The van der Waals surface area contributed by atoms with Gasteiger partial charge in [0.25, 0.3) is 0 Å². The molecule has 1 fully saturated rings. The number of sulfonamides is 1. The highest BCUT2D eigenvalue weighted by atomic mass is 32.2. The Labute approximate surface area is 149 Å². The molecular formula is C17H27N3O4S. The first-order valence-electron chi connectivity index (χ1n) is 8.37. The van der Waals surface area contributed by atoms with E-state index in [0.29, 0.717) is 32.8 Å². The van der Waals surface area contributed by atoms with Crippen LogP contribution >= 0.6 is 0 Å². The minimum atomic E-state index is -3.48. The third-order valence-electron chi connectivity index (χ3n) is 3.80. The van der Waals surface area contributed by atoms with Crippen molar-refractivity contribution in [2.75, 3.05) is 32.8 Å². The molecule has 1 aliphatic heterocycles. The minimum Gasteiger partial charge on any atom is -0.379 e. The fourth-order valence-corrected chi connectivity index (χ4v) is 3.73. The number of carbonyl (C=O) groups is 1. The van der Waals surface area contributed by atoms with Gasteiger partial charge in [-0.25, -0.2) is 8.42 Å². The zero-order chi connectivity index (χ0) is 18.5. The van der Waals surface area contributed by atoms with Crippen molar-refractivity contribution in [3.05, 3.63) is 29.8 Å². The molecule has 0 bridgehead atoms. The Morgan fingerprint density at radius 3 is 2.32 bits per heavy atom. The van der Waals surface area contributed by atoms with Crippen molar-refractivity contribution in [3.63, 3.8) is 0 Å².